The Hall–Kier alpha value is -0.0200. The van der Waals surface area contributed by atoms with Crippen molar-refractivity contribution in [2.24, 2.45) is 0 Å². The third-order valence-corrected chi connectivity index (χ3v) is 7.64. The smallest absolute Gasteiger partial charge is 0.245 e. The number of thioether (sulfide) groups is 1. The van der Waals surface area contributed by atoms with E-state index in [0.29, 0.717) is 24.9 Å². The van der Waals surface area contributed by atoms with Gasteiger partial charge in [0.05, 0.1) is 6.54 Å². The van der Waals surface area contributed by atoms with Gasteiger partial charge in [0.1, 0.15) is 10.7 Å². The Bertz CT molecular complexity index is 621. The zero-order valence-corrected chi connectivity index (χ0v) is 15.0. The average molecular weight is 395 g/mol. The summed E-state index contributed by atoms with van der Waals surface area (Å²) in [5, 5.41) is 3.31. The van der Waals surface area contributed by atoms with Crippen molar-refractivity contribution in [1.82, 2.24) is 10.0 Å². The summed E-state index contributed by atoms with van der Waals surface area (Å²) in [7, 11) is -3.53. The molecule has 2 aliphatic carbocycles. The second-order valence-electron chi connectivity index (χ2n) is 5.72. The molecule has 0 amide bonds. The van der Waals surface area contributed by atoms with Crippen LogP contribution in [0.3, 0.4) is 0 Å². The Balaban J connectivity index is 1.65. The van der Waals surface area contributed by atoms with Crippen LogP contribution in [0.2, 0.25) is 0 Å². The Labute approximate surface area is 137 Å². The maximum Gasteiger partial charge on any atom is 0.245 e. The molecule has 0 spiro atoms. The van der Waals surface area contributed by atoms with Crippen molar-refractivity contribution < 1.29 is 12.8 Å². The van der Waals surface area contributed by atoms with E-state index in [-0.39, 0.29) is 14.3 Å². The number of halogens is 1. The third kappa shape index (κ3) is 3.85. The Morgan fingerprint density at radius 1 is 1.48 bits per heavy atom. The molecule has 0 saturated heterocycles. The van der Waals surface area contributed by atoms with Gasteiger partial charge < -0.3 is 9.73 Å². The van der Waals surface area contributed by atoms with Crippen molar-refractivity contribution in [3.8, 4) is 0 Å². The topological polar surface area (TPSA) is 71.3 Å². The van der Waals surface area contributed by atoms with E-state index < -0.39 is 10.0 Å². The molecular formula is C13H19BrN2O3S2. The van der Waals surface area contributed by atoms with Gasteiger partial charge in [-0.3, -0.25) is 0 Å². The molecule has 0 aliphatic heterocycles. The first kappa shape index (κ1) is 15.9. The molecular weight excluding hydrogens is 376 g/mol. The quantitative estimate of drug-likeness (QED) is 0.708. The number of hydrogen-bond acceptors (Lipinski definition) is 5. The molecule has 5 nitrogen and oxygen atoms in total. The highest BCUT2D eigenvalue weighted by Gasteiger charge is 2.42. The summed E-state index contributed by atoms with van der Waals surface area (Å²) in [6.07, 6.45) is 6.53. The maximum absolute atomic E-state index is 12.4. The summed E-state index contributed by atoms with van der Waals surface area (Å²) in [4.78, 5) is 0.187. The minimum absolute atomic E-state index is 0.0969. The van der Waals surface area contributed by atoms with Crippen LogP contribution in [0, 0.1) is 0 Å². The molecule has 1 aromatic rings. The summed E-state index contributed by atoms with van der Waals surface area (Å²) < 4.78 is 33.3. The molecule has 2 aliphatic rings. The van der Waals surface area contributed by atoms with E-state index in [1.54, 1.807) is 17.8 Å². The SMILES string of the molecule is CSC1(CNS(=O)(=O)c2cc(CNC3CC3)oc2Br)CC1. The van der Waals surface area contributed by atoms with Gasteiger partial charge in [-0.1, -0.05) is 0 Å². The lowest BCUT2D eigenvalue weighted by molar-refractivity contribution is 0.460. The predicted octanol–water partition coefficient (Wildman–Crippen LogP) is 2.47. The molecule has 2 saturated carbocycles. The van der Waals surface area contributed by atoms with E-state index in [0.717, 1.165) is 12.8 Å². The number of rotatable bonds is 8. The average Bonchev–Trinajstić information content (AvgIpc) is 3.35. The molecule has 0 unspecified atom stereocenters. The zero-order valence-electron chi connectivity index (χ0n) is 11.8. The minimum atomic E-state index is -3.53. The maximum atomic E-state index is 12.4. The highest BCUT2D eigenvalue weighted by atomic mass is 79.9. The molecule has 1 heterocycles. The second kappa shape index (κ2) is 5.88. The van der Waals surface area contributed by atoms with Crippen LogP contribution in [0.1, 0.15) is 31.4 Å². The second-order valence-corrected chi connectivity index (χ2v) is 9.45. The molecule has 2 fully saturated rings. The Kier molecular flexibility index (Phi) is 4.44. The number of sulfonamides is 1. The summed E-state index contributed by atoms with van der Waals surface area (Å²) in [6.45, 7) is 1.04. The lowest BCUT2D eigenvalue weighted by atomic mass is 10.4. The van der Waals surface area contributed by atoms with Crippen LogP contribution in [-0.4, -0.2) is 32.0 Å². The first-order chi connectivity index (χ1) is 9.94. The van der Waals surface area contributed by atoms with Gasteiger partial charge in [0.15, 0.2) is 4.67 Å². The molecule has 1 aromatic heterocycles. The van der Waals surface area contributed by atoms with Gasteiger partial charge >= 0.3 is 0 Å². The predicted molar refractivity (Wildman–Crippen MR) is 86.9 cm³/mol. The standard InChI is InChI=1S/C13H19BrN2O3S2/c1-20-13(4-5-13)8-16-21(17,18)11-6-10(19-12(11)14)7-15-9-2-3-9/h6,9,15-16H,2-5,7-8H2,1H3. The van der Waals surface area contributed by atoms with Crippen molar-refractivity contribution in [2.45, 2.75) is 47.9 Å². The van der Waals surface area contributed by atoms with E-state index in [4.69, 9.17) is 4.42 Å². The molecule has 0 aromatic carbocycles. The molecule has 21 heavy (non-hydrogen) atoms. The van der Waals surface area contributed by atoms with E-state index >= 15 is 0 Å². The fraction of sp³-hybridized carbons (Fsp3) is 0.692. The largest absolute Gasteiger partial charge is 0.452 e. The molecule has 0 radical (unpaired) electrons. The van der Waals surface area contributed by atoms with Crippen LogP contribution >= 0.6 is 27.7 Å². The van der Waals surface area contributed by atoms with Crippen molar-refractivity contribution in [3.05, 3.63) is 16.5 Å². The highest BCUT2D eigenvalue weighted by molar-refractivity contribution is 9.10. The van der Waals surface area contributed by atoms with E-state index in [2.05, 4.69) is 26.0 Å². The van der Waals surface area contributed by atoms with Crippen LogP contribution in [-0.2, 0) is 16.6 Å². The van der Waals surface area contributed by atoms with Crippen LogP contribution in [0.25, 0.3) is 0 Å². The van der Waals surface area contributed by atoms with Gasteiger partial charge in [0, 0.05) is 23.4 Å². The number of nitrogens with one attached hydrogen (secondary N) is 2. The van der Waals surface area contributed by atoms with Crippen LogP contribution in [0.5, 0.6) is 0 Å². The molecule has 2 N–H and O–H groups in total. The van der Waals surface area contributed by atoms with Crippen molar-refractivity contribution in [1.29, 1.82) is 0 Å². The minimum Gasteiger partial charge on any atom is -0.452 e. The van der Waals surface area contributed by atoms with Gasteiger partial charge in [0.25, 0.3) is 0 Å². The zero-order chi connectivity index (χ0) is 15.1. The van der Waals surface area contributed by atoms with Crippen molar-refractivity contribution >= 4 is 37.7 Å². The van der Waals surface area contributed by atoms with Crippen molar-refractivity contribution in [3.63, 3.8) is 0 Å². The Morgan fingerprint density at radius 2 is 2.19 bits per heavy atom. The Morgan fingerprint density at radius 3 is 2.76 bits per heavy atom. The third-order valence-electron chi connectivity index (χ3n) is 3.96. The summed E-state index contributed by atoms with van der Waals surface area (Å²) in [5.74, 6) is 0.639. The summed E-state index contributed by atoms with van der Waals surface area (Å²) >= 11 is 4.94. The van der Waals surface area contributed by atoms with Crippen LogP contribution in [0.4, 0.5) is 0 Å². The lowest BCUT2D eigenvalue weighted by Gasteiger charge is -2.12. The first-order valence-corrected chi connectivity index (χ1v) is 10.5. The number of hydrogen-bond donors (Lipinski definition) is 2. The fourth-order valence-electron chi connectivity index (χ4n) is 2.10. The van der Waals surface area contributed by atoms with Gasteiger partial charge in [-0.2, -0.15) is 11.8 Å². The molecule has 0 bridgehead atoms. The van der Waals surface area contributed by atoms with Gasteiger partial charge in [-0.25, -0.2) is 13.1 Å². The molecule has 3 rings (SSSR count). The highest BCUT2D eigenvalue weighted by Crippen LogP contribution is 2.46. The van der Waals surface area contributed by atoms with E-state index in [1.165, 1.54) is 12.8 Å². The van der Waals surface area contributed by atoms with Gasteiger partial charge in [0.2, 0.25) is 10.0 Å². The summed E-state index contributed by atoms with van der Waals surface area (Å²) in [5.41, 5.74) is 0. The normalized spacial score (nSPS) is 20.7. The molecule has 0 atom stereocenters. The van der Waals surface area contributed by atoms with Crippen molar-refractivity contribution in [2.75, 3.05) is 12.8 Å². The van der Waals surface area contributed by atoms with E-state index in [9.17, 15) is 8.42 Å². The van der Waals surface area contributed by atoms with Crippen LogP contribution in [0.15, 0.2) is 20.0 Å². The number of furan rings is 1. The summed E-state index contributed by atoms with van der Waals surface area (Å²) in [6, 6.07) is 2.16. The monoisotopic (exact) mass is 394 g/mol. The lowest BCUT2D eigenvalue weighted by Crippen LogP contribution is -2.31. The fourth-order valence-corrected chi connectivity index (χ4v) is 5.04. The van der Waals surface area contributed by atoms with Gasteiger partial charge in [-0.15, -0.1) is 0 Å². The van der Waals surface area contributed by atoms with E-state index in [1.807, 2.05) is 6.26 Å². The van der Waals surface area contributed by atoms with Crippen LogP contribution < -0.4 is 10.0 Å². The molecule has 118 valence electrons. The van der Waals surface area contributed by atoms with Gasteiger partial charge in [-0.05, 0) is 47.9 Å². The first-order valence-electron chi connectivity index (χ1n) is 7.01. The molecule has 8 heteroatoms.